The number of nitrogens with one attached hydrogen (secondary N) is 1. The van der Waals surface area contributed by atoms with E-state index in [4.69, 9.17) is 0 Å². The lowest BCUT2D eigenvalue weighted by atomic mass is 9.82. The van der Waals surface area contributed by atoms with E-state index < -0.39 is 0 Å². The Morgan fingerprint density at radius 2 is 2.05 bits per heavy atom. The van der Waals surface area contributed by atoms with Gasteiger partial charge in [0.05, 0.1) is 0 Å². The predicted molar refractivity (Wildman–Crippen MR) is 75.1 cm³/mol. The molecule has 0 bridgehead atoms. The largest absolute Gasteiger partial charge is 0.356 e. The highest BCUT2D eigenvalue weighted by Gasteiger charge is 2.29. The molecule has 0 aromatic heterocycles. The number of ketones is 1. The molecule has 0 saturated heterocycles. The van der Waals surface area contributed by atoms with Gasteiger partial charge in [0.2, 0.25) is 5.91 Å². The first-order valence-corrected chi connectivity index (χ1v) is 7.11. The fourth-order valence-electron chi connectivity index (χ4n) is 2.56. The van der Waals surface area contributed by atoms with Gasteiger partial charge in [-0.3, -0.25) is 9.59 Å². The van der Waals surface area contributed by atoms with Gasteiger partial charge in [-0.1, -0.05) is 44.0 Å². The minimum absolute atomic E-state index is 0.0268. The molecule has 1 unspecified atom stereocenters. The number of fused-ring (bicyclic) bond motifs is 1. The van der Waals surface area contributed by atoms with Crippen molar-refractivity contribution in [1.29, 1.82) is 0 Å². The van der Waals surface area contributed by atoms with Gasteiger partial charge in [0.25, 0.3) is 0 Å². The first-order chi connectivity index (χ1) is 9.22. The van der Waals surface area contributed by atoms with E-state index in [1.165, 1.54) is 0 Å². The standard InChI is InChI=1S/C16H21NO2/c1-2-3-6-9-17-16(19)13-10-12-7-4-5-8-14(12)15(18)11-13/h4-5,7-8,13H,2-3,6,9-11H2,1H3,(H,17,19). The fraction of sp³-hybridized carbons (Fsp3) is 0.500. The van der Waals surface area contributed by atoms with E-state index >= 15 is 0 Å². The van der Waals surface area contributed by atoms with Crippen LogP contribution >= 0.6 is 0 Å². The summed E-state index contributed by atoms with van der Waals surface area (Å²) in [4.78, 5) is 24.0. The van der Waals surface area contributed by atoms with Crippen molar-refractivity contribution in [3.05, 3.63) is 35.4 Å². The molecule has 1 N–H and O–H groups in total. The Labute approximate surface area is 114 Å². The molecule has 1 aliphatic rings. The molecule has 3 heteroatoms. The summed E-state index contributed by atoms with van der Waals surface area (Å²) >= 11 is 0. The molecule has 1 atom stereocenters. The Morgan fingerprint density at radius 3 is 2.84 bits per heavy atom. The molecule has 0 aliphatic heterocycles. The van der Waals surface area contributed by atoms with Crippen molar-refractivity contribution in [3.8, 4) is 0 Å². The number of unbranched alkanes of at least 4 members (excludes halogenated alkanes) is 2. The summed E-state index contributed by atoms with van der Waals surface area (Å²) in [5.74, 6) is -0.0708. The average Bonchev–Trinajstić information content (AvgIpc) is 2.43. The molecular formula is C16H21NO2. The highest BCUT2D eigenvalue weighted by atomic mass is 16.2. The van der Waals surface area contributed by atoms with Gasteiger partial charge in [0, 0.05) is 24.4 Å². The van der Waals surface area contributed by atoms with Crippen LogP contribution in [0.1, 0.15) is 48.5 Å². The summed E-state index contributed by atoms with van der Waals surface area (Å²) in [6.07, 6.45) is 4.31. The van der Waals surface area contributed by atoms with E-state index in [9.17, 15) is 9.59 Å². The quantitative estimate of drug-likeness (QED) is 0.826. The van der Waals surface area contributed by atoms with Crippen LogP contribution in [0, 0.1) is 5.92 Å². The molecule has 0 saturated carbocycles. The summed E-state index contributed by atoms with van der Waals surface area (Å²) in [5, 5.41) is 2.95. The zero-order valence-corrected chi connectivity index (χ0v) is 11.4. The third-order valence-corrected chi connectivity index (χ3v) is 3.67. The van der Waals surface area contributed by atoms with E-state index in [-0.39, 0.29) is 17.6 Å². The molecule has 1 aromatic rings. The molecule has 102 valence electrons. The van der Waals surface area contributed by atoms with Crippen LogP contribution in [-0.4, -0.2) is 18.2 Å². The van der Waals surface area contributed by atoms with E-state index in [0.29, 0.717) is 12.8 Å². The third kappa shape index (κ3) is 3.43. The molecule has 2 rings (SSSR count). The number of carbonyl (C=O) groups is 2. The molecule has 3 nitrogen and oxygen atoms in total. The highest BCUT2D eigenvalue weighted by Crippen LogP contribution is 2.25. The summed E-state index contributed by atoms with van der Waals surface area (Å²) in [5.41, 5.74) is 1.80. The van der Waals surface area contributed by atoms with Crippen LogP contribution in [0.25, 0.3) is 0 Å². The monoisotopic (exact) mass is 259 g/mol. The van der Waals surface area contributed by atoms with Gasteiger partial charge in [-0.2, -0.15) is 0 Å². The van der Waals surface area contributed by atoms with E-state index in [1.807, 2.05) is 24.3 Å². The van der Waals surface area contributed by atoms with Gasteiger partial charge >= 0.3 is 0 Å². The molecule has 0 radical (unpaired) electrons. The van der Waals surface area contributed by atoms with Crippen molar-refractivity contribution in [2.24, 2.45) is 5.92 Å². The fourth-order valence-corrected chi connectivity index (χ4v) is 2.56. The lowest BCUT2D eigenvalue weighted by molar-refractivity contribution is -0.125. The number of hydrogen-bond donors (Lipinski definition) is 1. The first-order valence-electron chi connectivity index (χ1n) is 7.11. The lowest BCUT2D eigenvalue weighted by Gasteiger charge is -2.22. The minimum Gasteiger partial charge on any atom is -0.356 e. The predicted octanol–water partition coefficient (Wildman–Crippen LogP) is 2.74. The van der Waals surface area contributed by atoms with Crippen LogP contribution in [0.15, 0.2) is 24.3 Å². The number of rotatable bonds is 5. The second-order valence-corrected chi connectivity index (χ2v) is 5.18. The Kier molecular flexibility index (Phi) is 4.72. The molecule has 0 fully saturated rings. The molecular weight excluding hydrogens is 238 g/mol. The second kappa shape index (κ2) is 6.50. The maximum atomic E-state index is 12.1. The molecule has 0 heterocycles. The van der Waals surface area contributed by atoms with Crippen LogP contribution in [-0.2, 0) is 11.2 Å². The van der Waals surface area contributed by atoms with E-state index in [1.54, 1.807) is 0 Å². The zero-order chi connectivity index (χ0) is 13.7. The molecule has 0 spiro atoms. The van der Waals surface area contributed by atoms with Gasteiger partial charge in [-0.25, -0.2) is 0 Å². The van der Waals surface area contributed by atoms with Crippen molar-refractivity contribution < 1.29 is 9.59 Å². The van der Waals surface area contributed by atoms with Crippen molar-refractivity contribution in [3.63, 3.8) is 0 Å². The number of benzene rings is 1. The van der Waals surface area contributed by atoms with Crippen molar-refractivity contribution in [2.45, 2.75) is 39.0 Å². The molecule has 1 aliphatic carbocycles. The second-order valence-electron chi connectivity index (χ2n) is 5.18. The van der Waals surface area contributed by atoms with Gasteiger partial charge in [-0.05, 0) is 18.4 Å². The summed E-state index contributed by atoms with van der Waals surface area (Å²) < 4.78 is 0. The van der Waals surface area contributed by atoms with E-state index in [2.05, 4.69) is 12.2 Å². The number of Topliss-reactive ketones (excluding diaryl/α,β-unsaturated/α-hetero) is 1. The van der Waals surface area contributed by atoms with Gasteiger partial charge in [0.15, 0.2) is 5.78 Å². The summed E-state index contributed by atoms with van der Waals surface area (Å²) in [7, 11) is 0. The van der Waals surface area contributed by atoms with Gasteiger partial charge in [-0.15, -0.1) is 0 Å². The Bertz CT molecular complexity index is 468. The maximum absolute atomic E-state index is 12.1. The molecule has 19 heavy (non-hydrogen) atoms. The topological polar surface area (TPSA) is 46.2 Å². The van der Waals surface area contributed by atoms with Crippen molar-refractivity contribution in [2.75, 3.05) is 6.54 Å². The van der Waals surface area contributed by atoms with Crippen LogP contribution in [0.2, 0.25) is 0 Å². The Hall–Kier alpha value is -1.64. The normalized spacial score (nSPS) is 17.9. The smallest absolute Gasteiger partial charge is 0.223 e. The Balaban J connectivity index is 1.93. The minimum atomic E-state index is -0.191. The van der Waals surface area contributed by atoms with Crippen LogP contribution in [0.5, 0.6) is 0 Å². The third-order valence-electron chi connectivity index (χ3n) is 3.67. The van der Waals surface area contributed by atoms with Crippen molar-refractivity contribution in [1.82, 2.24) is 5.32 Å². The summed E-state index contributed by atoms with van der Waals surface area (Å²) in [6.45, 7) is 2.86. The zero-order valence-electron chi connectivity index (χ0n) is 11.4. The highest BCUT2D eigenvalue weighted by molar-refractivity contribution is 6.01. The SMILES string of the molecule is CCCCCNC(=O)C1CC(=O)c2ccccc2C1. The van der Waals surface area contributed by atoms with Crippen LogP contribution in [0.3, 0.4) is 0 Å². The average molecular weight is 259 g/mol. The van der Waals surface area contributed by atoms with Gasteiger partial charge in [0.1, 0.15) is 0 Å². The maximum Gasteiger partial charge on any atom is 0.223 e. The molecule has 1 amide bonds. The van der Waals surface area contributed by atoms with E-state index in [0.717, 1.165) is 36.9 Å². The number of hydrogen-bond acceptors (Lipinski definition) is 2. The number of carbonyl (C=O) groups excluding carboxylic acids is 2. The summed E-state index contributed by atoms with van der Waals surface area (Å²) in [6, 6.07) is 7.60. The first kappa shape index (κ1) is 13.8. The Morgan fingerprint density at radius 1 is 1.26 bits per heavy atom. The lowest BCUT2D eigenvalue weighted by Crippen LogP contribution is -2.36. The van der Waals surface area contributed by atoms with Crippen LogP contribution in [0.4, 0.5) is 0 Å². The number of amides is 1. The van der Waals surface area contributed by atoms with Crippen LogP contribution < -0.4 is 5.32 Å². The van der Waals surface area contributed by atoms with Crippen molar-refractivity contribution >= 4 is 11.7 Å². The van der Waals surface area contributed by atoms with Gasteiger partial charge < -0.3 is 5.32 Å². The molecule has 1 aromatic carbocycles.